The molecular weight excluding hydrogens is 305 g/mol. The standard InChI is InChI=1S/C14H8Cl3NO/c15-11-5-2-6-14(9(11)7-18)19-8-10-12(16)3-1-4-13(10)17/h1-6H,8H2. The molecule has 0 bridgehead atoms. The third kappa shape index (κ3) is 3.13. The Balaban J connectivity index is 2.25. The lowest BCUT2D eigenvalue weighted by Crippen LogP contribution is -1.99. The van der Waals surface area contributed by atoms with E-state index in [9.17, 15) is 0 Å². The van der Waals surface area contributed by atoms with Gasteiger partial charge in [0.05, 0.1) is 5.02 Å². The summed E-state index contributed by atoms with van der Waals surface area (Å²) in [7, 11) is 0. The summed E-state index contributed by atoms with van der Waals surface area (Å²) in [6.45, 7) is 0.174. The van der Waals surface area contributed by atoms with Crippen molar-refractivity contribution in [1.29, 1.82) is 5.26 Å². The molecule has 19 heavy (non-hydrogen) atoms. The highest BCUT2D eigenvalue weighted by Crippen LogP contribution is 2.29. The van der Waals surface area contributed by atoms with Gasteiger partial charge in [-0.15, -0.1) is 0 Å². The summed E-state index contributed by atoms with van der Waals surface area (Å²) in [6, 6.07) is 12.3. The van der Waals surface area contributed by atoms with Crippen LogP contribution in [-0.2, 0) is 6.61 Å². The fourth-order valence-electron chi connectivity index (χ4n) is 1.55. The van der Waals surface area contributed by atoms with Crippen molar-refractivity contribution in [3.05, 3.63) is 62.6 Å². The van der Waals surface area contributed by atoms with Crippen LogP contribution in [0.15, 0.2) is 36.4 Å². The second-order valence-electron chi connectivity index (χ2n) is 3.71. The maximum Gasteiger partial charge on any atom is 0.139 e. The van der Waals surface area contributed by atoms with Crippen LogP contribution in [0, 0.1) is 11.3 Å². The van der Waals surface area contributed by atoms with Crippen molar-refractivity contribution in [1.82, 2.24) is 0 Å². The Morgan fingerprint density at radius 3 is 2.16 bits per heavy atom. The van der Waals surface area contributed by atoms with E-state index in [0.717, 1.165) is 0 Å². The average molecular weight is 313 g/mol. The van der Waals surface area contributed by atoms with Crippen molar-refractivity contribution >= 4 is 34.8 Å². The summed E-state index contributed by atoms with van der Waals surface area (Å²) in [5.74, 6) is 0.408. The smallest absolute Gasteiger partial charge is 0.139 e. The van der Waals surface area contributed by atoms with Gasteiger partial charge >= 0.3 is 0 Å². The zero-order chi connectivity index (χ0) is 13.8. The molecule has 2 aromatic rings. The predicted octanol–water partition coefficient (Wildman–Crippen LogP) is 5.10. The lowest BCUT2D eigenvalue weighted by atomic mass is 10.2. The predicted molar refractivity (Wildman–Crippen MR) is 77.0 cm³/mol. The average Bonchev–Trinajstić information content (AvgIpc) is 2.38. The number of halogens is 3. The Labute approximate surface area is 126 Å². The van der Waals surface area contributed by atoms with Crippen LogP contribution in [0.25, 0.3) is 0 Å². The normalized spacial score (nSPS) is 10.0. The minimum absolute atomic E-state index is 0.174. The second-order valence-corrected chi connectivity index (χ2v) is 4.94. The molecule has 2 rings (SSSR count). The van der Waals surface area contributed by atoms with Crippen LogP contribution in [0.5, 0.6) is 5.75 Å². The van der Waals surface area contributed by atoms with Gasteiger partial charge in [0.15, 0.2) is 0 Å². The van der Waals surface area contributed by atoms with E-state index in [1.807, 2.05) is 6.07 Å². The fourth-order valence-corrected chi connectivity index (χ4v) is 2.27. The molecule has 0 aliphatic carbocycles. The molecule has 0 atom stereocenters. The third-order valence-corrected chi connectivity index (χ3v) is 3.54. The van der Waals surface area contributed by atoms with Gasteiger partial charge in [0, 0.05) is 15.6 Å². The van der Waals surface area contributed by atoms with E-state index in [-0.39, 0.29) is 6.61 Å². The maximum absolute atomic E-state index is 9.04. The molecule has 5 heteroatoms. The minimum atomic E-state index is 0.174. The van der Waals surface area contributed by atoms with Crippen molar-refractivity contribution in [2.45, 2.75) is 6.61 Å². The first kappa shape index (κ1) is 14.0. The number of benzene rings is 2. The SMILES string of the molecule is N#Cc1c(Cl)cccc1OCc1c(Cl)cccc1Cl. The molecule has 96 valence electrons. The quantitative estimate of drug-likeness (QED) is 0.790. The molecule has 0 aromatic heterocycles. The molecule has 0 heterocycles. The number of rotatable bonds is 3. The Morgan fingerprint density at radius 1 is 0.947 bits per heavy atom. The molecule has 0 spiro atoms. The number of nitrogens with zero attached hydrogens (tertiary/aromatic N) is 1. The molecule has 0 unspecified atom stereocenters. The number of hydrogen-bond donors (Lipinski definition) is 0. The van der Waals surface area contributed by atoms with Gasteiger partial charge in [0.2, 0.25) is 0 Å². The lowest BCUT2D eigenvalue weighted by molar-refractivity contribution is 0.305. The van der Waals surface area contributed by atoms with Crippen LogP contribution < -0.4 is 4.74 Å². The van der Waals surface area contributed by atoms with E-state index in [2.05, 4.69) is 0 Å². The summed E-state index contributed by atoms with van der Waals surface area (Å²) >= 11 is 18.0. The maximum atomic E-state index is 9.04. The van der Waals surface area contributed by atoms with Crippen LogP contribution in [0.2, 0.25) is 15.1 Å². The van der Waals surface area contributed by atoms with Crippen LogP contribution in [0.3, 0.4) is 0 Å². The van der Waals surface area contributed by atoms with E-state index >= 15 is 0 Å². The Bertz CT molecular complexity index is 629. The fraction of sp³-hybridized carbons (Fsp3) is 0.0714. The highest BCUT2D eigenvalue weighted by Gasteiger charge is 2.10. The zero-order valence-corrected chi connectivity index (χ0v) is 11.9. The zero-order valence-electron chi connectivity index (χ0n) is 9.66. The molecule has 0 fully saturated rings. The van der Waals surface area contributed by atoms with Crippen LogP contribution in [0.4, 0.5) is 0 Å². The Morgan fingerprint density at radius 2 is 1.53 bits per heavy atom. The van der Waals surface area contributed by atoms with Crippen LogP contribution in [0.1, 0.15) is 11.1 Å². The first-order valence-corrected chi connectivity index (χ1v) is 6.51. The van der Waals surface area contributed by atoms with Gasteiger partial charge in [-0.05, 0) is 24.3 Å². The van der Waals surface area contributed by atoms with Crippen LogP contribution in [-0.4, -0.2) is 0 Å². The van der Waals surface area contributed by atoms with Gasteiger partial charge in [-0.3, -0.25) is 0 Å². The van der Waals surface area contributed by atoms with Crippen molar-refractivity contribution in [2.75, 3.05) is 0 Å². The first-order chi connectivity index (χ1) is 9.13. The first-order valence-electron chi connectivity index (χ1n) is 5.37. The van der Waals surface area contributed by atoms with Crippen molar-refractivity contribution in [3.63, 3.8) is 0 Å². The van der Waals surface area contributed by atoms with Crippen LogP contribution >= 0.6 is 34.8 Å². The highest BCUT2D eigenvalue weighted by atomic mass is 35.5. The molecule has 0 saturated heterocycles. The number of nitriles is 1. The molecule has 0 aliphatic rings. The van der Waals surface area contributed by atoms with E-state index < -0.39 is 0 Å². The minimum Gasteiger partial charge on any atom is -0.487 e. The summed E-state index contributed by atoms with van der Waals surface area (Å²) < 4.78 is 5.58. The third-order valence-electron chi connectivity index (χ3n) is 2.52. The topological polar surface area (TPSA) is 33.0 Å². The molecule has 2 aromatic carbocycles. The highest BCUT2D eigenvalue weighted by molar-refractivity contribution is 6.36. The van der Waals surface area contributed by atoms with Crippen molar-refractivity contribution in [2.24, 2.45) is 0 Å². The monoisotopic (exact) mass is 311 g/mol. The van der Waals surface area contributed by atoms with Gasteiger partial charge in [0.1, 0.15) is 24.0 Å². The summed E-state index contributed by atoms with van der Waals surface area (Å²) in [5.41, 5.74) is 0.974. The summed E-state index contributed by atoms with van der Waals surface area (Å²) in [6.07, 6.45) is 0. The lowest BCUT2D eigenvalue weighted by Gasteiger charge is -2.11. The van der Waals surface area contributed by atoms with E-state index in [1.165, 1.54) is 0 Å². The molecule has 2 nitrogen and oxygen atoms in total. The van der Waals surface area contributed by atoms with Gasteiger partial charge in [0.25, 0.3) is 0 Å². The van der Waals surface area contributed by atoms with E-state index in [4.69, 9.17) is 44.8 Å². The van der Waals surface area contributed by atoms with Gasteiger partial charge in [-0.25, -0.2) is 0 Å². The van der Waals surface area contributed by atoms with Gasteiger partial charge in [-0.2, -0.15) is 5.26 Å². The summed E-state index contributed by atoms with van der Waals surface area (Å²) in [4.78, 5) is 0. The second kappa shape index (κ2) is 6.16. The molecule has 0 amide bonds. The molecule has 0 N–H and O–H groups in total. The molecule has 0 radical (unpaired) electrons. The number of hydrogen-bond acceptors (Lipinski definition) is 2. The van der Waals surface area contributed by atoms with Gasteiger partial charge < -0.3 is 4.74 Å². The molecular formula is C14H8Cl3NO. The van der Waals surface area contributed by atoms with Crippen molar-refractivity contribution in [3.8, 4) is 11.8 Å². The largest absolute Gasteiger partial charge is 0.487 e. The van der Waals surface area contributed by atoms with Crippen molar-refractivity contribution < 1.29 is 4.74 Å². The van der Waals surface area contributed by atoms with Gasteiger partial charge in [-0.1, -0.05) is 46.9 Å². The Hall–Kier alpha value is -1.40. The summed E-state index contributed by atoms with van der Waals surface area (Å²) in [5, 5.41) is 10.4. The van der Waals surface area contributed by atoms with E-state index in [1.54, 1.807) is 36.4 Å². The van der Waals surface area contributed by atoms with E-state index in [0.29, 0.717) is 31.9 Å². The Kier molecular flexibility index (Phi) is 4.55. The number of ether oxygens (including phenoxy) is 1. The molecule has 0 saturated carbocycles. The molecule has 0 aliphatic heterocycles.